The minimum Gasteiger partial charge on any atom is -0.348 e. The normalized spacial score (nSPS) is 17.0. The summed E-state index contributed by atoms with van der Waals surface area (Å²) in [5, 5.41) is 6.82. The summed E-state index contributed by atoms with van der Waals surface area (Å²) in [4.78, 5) is 28.8. The van der Waals surface area contributed by atoms with E-state index in [0.29, 0.717) is 16.8 Å². The standard InChI is InChI=1S/C20H20F3N5O2/c1-11(14-5-16(21)12(2)24-9-14)25-18(29)10-28-19(30)27-4-3-13(6-17(27)26-28)15-7-20(22,23)8-15/h3-6,9,11,15H,7-8,10H2,1-2H3,(H,25,29)/t11-/m0/s1. The number of carbonyl (C=O) groups excluding carboxylic acids is 1. The predicted molar refractivity (Wildman–Crippen MR) is 102 cm³/mol. The van der Waals surface area contributed by atoms with E-state index in [2.05, 4.69) is 15.4 Å². The van der Waals surface area contributed by atoms with E-state index in [4.69, 9.17) is 0 Å². The summed E-state index contributed by atoms with van der Waals surface area (Å²) in [7, 11) is 0. The second-order valence-corrected chi connectivity index (χ2v) is 7.71. The summed E-state index contributed by atoms with van der Waals surface area (Å²) in [5.74, 6) is -3.85. The van der Waals surface area contributed by atoms with E-state index in [1.54, 1.807) is 26.0 Å². The first-order valence-corrected chi connectivity index (χ1v) is 9.51. The molecule has 1 aliphatic carbocycles. The van der Waals surface area contributed by atoms with Gasteiger partial charge in [-0.2, -0.15) is 0 Å². The van der Waals surface area contributed by atoms with Crippen molar-refractivity contribution in [1.82, 2.24) is 24.5 Å². The SMILES string of the molecule is Cc1ncc([C@H](C)NC(=O)Cn2nc3cc(C4CC(F)(F)C4)ccn3c2=O)cc1F. The minimum atomic E-state index is -2.64. The number of fused-ring (bicyclic) bond motifs is 1. The van der Waals surface area contributed by atoms with Crippen LogP contribution >= 0.6 is 0 Å². The van der Waals surface area contributed by atoms with Crippen LogP contribution in [0.5, 0.6) is 0 Å². The van der Waals surface area contributed by atoms with Crippen molar-refractivity contribution >= 4 is 11.6 Å². The molecule has 3 heterocycles. The fourth-order valence-corrected chi connectivity index (χ4v) is 3.55. The van der Waals surface area contributed by atoms with Crippen molar-refractivity contribution in [2.45, 2.75) is 51.1 Å². The van der Waals surface area contributed by atoms with Gasteiger partial charge in [-0.3, -0.25) is 14.2 Å². The van der Waals surface area contributed by atoms with Crippen LogP contribution < -0.4 is 11.0 Å². The molecular formula is C20H20F3N5O2. The highest BCUT2D eigenvalue weighted by molar-refractivity contribution is 5.76. The molecule has 30 heavy (non-hydrogen) atoms. The quantitative estimate of drug-likeness (QED) is 0.690. The lowest BCUT2D eigenvalue weighted by molar-refractivity contribution is -0.122. The van der Waals surface area contributed by atoms with Gasteiger partial charge in [0.05, 0.1) is 11.7 Å². The molecule has 1 amide bonds. The Bertz CT molecular complexity index is 1180. The predicted octanol–water partition coefficient (Wildman–Crippen LogP) is 2.73. The molecule has 158 valence electrons. The van der Waals surface area contributed by atoms with Crippen molar-refractivity contribution in [1.29, 1.82) is 0 Å². The number of aromatic nitrogens is 4. The topological polar surface area (TPSA) is 81.3 Å². The molecule has 0 spiro atoms. The van der Waals surface area contributed by atoms with Gasteiger partial charge in [-0.05, 0) is 49.1 Å². The first kappa shape index (κ1) is 20.1. The molecule has 4 rings (SSSR count). The third-order valence-corrected chi connectivity index (χ3v) is 5.39. The molecule has 0 unspecified atom stereocenters. The van der Waals surface area contributed by atoms with E-state index >= 15 is 0 Å². The zero-order valence-electron chi connectivity index (χ0n) is 16.4. The molecule has 0 radical (unpaired) electrons. The monoisotopic (exact) mass is 419 g/mol. The maximum Gasteiger partial charge on any atom is 0.350 e. The number of aryl methyl sites for hydroxylation is 1. The van der Waals surface area contributed by atoms with Crippen LogP contribution in [0.3, 0.4) is 0 Å². The minimum absolute atomic E-state index is 0.219. The largest absolute Gasteiger partial charge is 0.350 e. The Morgan fingerprint density at radius 1 is 1.37 bits per heavy atom. The van der Waals surface area contributed by atoms with Crippen molar-refractivity contribution < 1.29 is 18.0 Å². The molecule has 1 aliphatic rings. The Balaban J connectivity index is 1.47. The summed E-state index contributed by atoms with van der Waals surface area (Å²) in [6, 6.07) is 4.01. The molecule has 3 aromatic rings. The maximum atomic E-state index is 13.7. The highest BCUT2D eigenvalue weighted by atomic mass is 19.3. The Morgan fingerprint density at radius 2 is 2.10 bits per heavy atom. The fourth-order valence-electron chi connectivity index (χ4n) is 3.55. The highest BCUT2D eigenvalue weighted by Gasteiger charge is 2.45. The number of pyridine rings is 2. The molecule has 1 atom stereocenters. The smallest absolute Gasteiger partial charge is 0.348 e. The molecule has 0 saturated heterocycles. The van der Waals surface area contributed by atoms with E-state index in [9.17, 15) is 22.8 Å². The van der Waals surface area contributed by atoms with Crippen molar-refractivity contribution in [3.05, 3.63) is 63.7 Å². The number of rotatable bonds is 5. The summed E-state index contributed by atoms with van der Waals surface area (Å²) < 4.78 is 42.2. The number of carbonyl (C=O) groups is 1. The Kier molecular flexibility index (Phi) is 4.87. The molecule has 1 saturated carbocycles. The van der Waals surface area contributed by atoms with Gasteiger partial charge in [0.15, 0.2) is 5.65 Å². The lowest BCUT2D eigenvalue weighted by Gasteiger charge is -2.35. The van der Waals surface area contributed by atoms with E-state index < -0.39 is 29.4 Å². The summed E-state index contributed by atoms with van der Waals surface area (Å²) in [6.45, 7) is 2.89. The molecule has 1 N–H and O–H groups in total. The van der Waals surface area contributed by atoms with Gasteiger partial charge in [0.25, 0.3) is 0 Å². The third kappa shape index (κ3) is 3.81. The van der Waals surface area contributed by atoms with Crippen LogP contribution in [0.1, 0.15) is 48.5 Å². The van der Waals surface area contributed by atoms with Gasteiger partial charge in [0, 0.05) is 25.2 Å². The van der Waals surface area contributed by atoms with Gasteiger partial charge in [-0.25, -0.2) is 22.6 Å². The van der Waals surface area contributed by atoms with E-state index in [1.165, 1.54) is 22.9 Å². The average molecular weight is 419 g/mol. The van der Waals surface area contributed by atoms with Gasteiger partial charge in [0.2, 0.25) is 11.8 Å². The van der Waals surface area contributed by atoms with E-state index in [0.717, 1.165) is 4.68 Å². The van der Waals surface area contributed by atoms with Crippen LogP contribution in [0.2, 0.25) is 0 Å². The molecule has 1 fully saturated rings. The van der Waals surface area contributed by atoms with Gasteiger partial charge in [0.1, 0.15) is 12.4 Å². The molecule has 10 heteroatoms. The number of hydrogen-bond acceptors (Lipinski definition) is 4. The Morgan fingerprint density at radius 3 is 2.77 bits per heavy atom. The average Bonchev–Trinajstić information content (AvgIpc) is 2.96. The summed E-state index contributed by atoms with van der Waals surface area (Å²) in [5.41, 5.74) is 1.23. The van der Waals surface area contributed by atoms with Crippen molar-refractivity contribution in [3.63, 3.8) is 0 Å². The Labute approximate surface area is 169 Å². The maximum absolute atomic E-state index is 13.7. The van der Waals surface area contributed by atoms with Crippen LogP contribution in [-0.2, 0) is 11.3 Å². The Hall–Kier alpha value is -3.17. The lowest BCUT2D eigenvalue weighted by atomic mass is 9.77. The first-order valence-electron chi connectivity index (χ1n) is 9.51. The number of alkyl halides is 2. The number of nitrogens with one attached hydrogen (secondary N) is 1. The van der Waals surface area contributed by atoms with Gasteiger partial charge in [-0.1, -0.05) is 0 Å². The highest BCUT2D eigenvalue weighted by Crippen LogP contribution is 2.48. The number of halogens is 3. The van der Waals surface area contributed by atoms with Gasteiger partial charge in [-0.15, -0.1) is 5.10 Å². The molecular weight excluding hydrogens is 399 g/mol. The molecule has 0 aliphatic heterocycles. The molecule has 3 aromatic heterocycles. The molecule has 0 bridgehead atoms. The number of nitrogens with zero attached hydrogens (tertiary/aromatic N) is 4. The molecule has 7 nitrogen and oxygen atoms in total. The van der Waals surface area contributed by atoms with Gasteiger partial charge < -0.3 is 5.32 Å². The fraction of sp³-hybridized carbons (Fsp3) is 0.400. The first-order chi connectivity index (χ1) is 14.1. The van der Waals surface area contributed by atoms with Crippen molar-refractivity contribution in [2.75, 3.05) is 0 Å². The van der Waals surface area contributed by atoms with Crippen LogP contribution in [0.4, 0.5) is 13.2 Å². The van der Waals surface area contributed by atoms with Crippen LogP contribution in [0.15, 0.2) is 35.4 Å². The van der Waals surface area contributed by atoms with E-state index in [-0.39, 0.29) is 31.0 Å². The second kappa shape index (κ2) is 7.26. The van der Waals surface area contributed by atoms with E-state index in [1.807, 2.05) is 0 Å². The zero-order chi connectivity index (χ0) is 21.6. The summed E-state index contributed by atoms with van der Waals surface area (Å²) in [6.07, 6.45) is 2.52. The van der Waals surface area contributed by atoms with Crippen LogP contribution in [-0.4, -0.2) is 31.0 Å². The lowest BCUT2D eigenvalue weighted by Crippen LogP contribution is -2.34. The zero-order valence-corrected chi connectivity index (χ0v) is 16.4. The third-order valence-electron chi connectivity index (χ3n) is 5.39. The molecule has 0 aromatic carbocycles. The van der Waals surface area contributed by atoms with Crippen molar-refractivity contribution in [2.24, 2.45) is 0 Å². The van der Waals surface area contributed by atoms with Crippen LogP contribution in [0.25, 0.3) is 5.65 Å². The van der Waals surface area contributed by atoms with Crippen LogP contribution in [0, 0.1) is 12.7 Å². The van der Waals surface area contributed by atoms with Crippen molar-refractivity contribution in [3.8, 4) is 0 Å². The second-order valence-electron chi connectivity index (χ2n) is 7.71. The number of hydrogen-bond donors (Lipinski definition) is 1. The summed E-state index contributed by atoms with van der Waals surface area (Å²) >= 11 is 0. The van der Waals surface area contributed by atoms with Gasteiger partial charge >= 0.3 is 5.69 Å². The number of amides is 1.